The lowest BCUT2D eigenvalue weighted by Crippen LogP contribution is -2.07. The molecule has 0 saturated heterocycles. The molecule has 1 aromatic carbocycles. The Hall–Kier alpha value is -2.14. The molecule has 5 nitrogen and oxygen atoms in total. The van der Waals surface area contributed by atoms with Gasteiger partial charge in [0.1, 0.15) is 18.0 Å². The Labute approximate surface area is 112 Å². The maximum absolute atomic E-state index is 8.78. The van der Waals surface area contributed by atoms with Crippen LogP contribution in [0.15, 0.2) is 30.6 Å². The first-order valence-electron chi connectivity index (χ1n) is 6.20. The Bertz CT molecular complexity index is 537. The first kappa shape index (κ1) is 13.3. The molecule has 2 aromatic rings. The number of anilines is 3. The molecule has 0 aliphatic carbocycles. The van der Waals surface area contributed by atoms with Crippen LogP contribution in [0.3, 0.4) is 0 Å². The molecule has 0 amide bonds. The maximum Gasteiger partial charge on any atom is 0.135 e. The highest BCUT2D eigenvalue weighted by Crippen LogP contribution is 2.23. The summed E-state index contributed by atoms with van der Waals surface area (Å²) in [6, 6.07) is 7.97. The summed E-state index contributed by atoms with van der Waals surface area (Å²) in [6.07, 6.45) is 1.50. The Balaban J connectivity index is 2.19. The molecule has 0 spiro atoms. The van der Waals surface area contributed by atoms with Gasteiger partial charge in [0, 0.05) is 18.3 Å². The number of aromatic nitrogens is 2. The van der Waals surface area contributed by atoms with Crippen molar-refractivity contribution in [3.8, 4) is 0 Å². The number of rotatable bonds is 5. The van der Waals surface area contributed by atoms with Crippen molar-refractivity contribution in [3.63, 3.8) is 0 Å². The second-order valence-electron chi connectivity index (χ2n) is 4.33. The standard InChI is InChI=1S/C14H18N4O/c1-10-4-3-5-11(2)14(10)18-13-8-12(15-6-7-19)16-9-17-13/h3-5,8-9,19H,6-7H2,1-2H3,(H2,15,16,17,18). The summed E-state index contributed by atoms with van der Waals surface area (Å²) in [5.41, 5.74) is 3.40. The molecule has 0 unspecified atom stereocenters. The SMILES string of the molecule is Cc1cccc(C)c1Nc1cc(NCCO)ncn1. The molecule has 0 aliphatic rings. The molecular weight excluding hydrogens is 240 g/mol. The molecule has 0 radical (unpaired) electrons. The van der Waals surface area contributed by atoms with Crippen LogP contribution in [0, 0.1) is 13.8 Å². The van der Waals surface area contributed by atoms with Gasteiger partial charge in [-0.2, -0.15) is 0 Å². The van der Waals surface area contributed by atoms with Gasteiger partial charge in [0.05, 0.1) is 6.61 Å². The van der Waals surface area contributed by atoms with E-state index in [1.807, 2.05) is 12.1 Å². The molecule has 5 heteroatoms. The lowest BCUT2D eigenvalue weighted by atomic mass is 10.1. The van der Waals surface area contributed by atoms with Crippen molar-refractivity contribution in [1.29, 1.82) is 0 Å². The first-order chi connectivity index (χ1) is 9.20. The van der Waals surface area contributed by atoms with E-state index in [0.29, 0.717) is 12.4 Å². The van der Waals surface area contributed by atoms with Crippen LogP contribution in [-0.4, -0.2) is 28.2 Å². The van der Waals surface area contributed by atoms with Crippen molar-refractivity contribution < 1.29 is 5.11 Å². The van der Waals surface area contributed by atoms with Crippen molar-refractivity contribution in [3.05, 3.63) is 41.7 Å². The molecule has 2 rings (SSSR count). The van der Waals surface area contributed by atoms with E-state index in [2.05, 4.69) is 46.6 Å². The maximum atomic E-state index is 8.78. The van der Waals surface area contributed by atoms with Gasteiger partial charge in [0.2, 0.25) is 0 Å². The number of hydrogen-bond donors (Lipinski definition) is 3. The van der Waals surface area contributed by atoms with Gasteiger partial charge in [-0.1, -0.05) is 18.2 Å². The van der Waals surface area contributed by atoms with Crippen LogP contribution in [0.4, 0.5) is 17.3 Å². The van der Waals surface area contributed by atoms with Gasteiger partial charge in [-0.3, -0.25) is 0 Å². The number of nitrogens with one attached hydrogen (secondary N) is 2. The van der Waals surface area contributed by atoms with Gasteiger partial charge in [-0.15, -0.1) is 0 Å². The summed E-state index contributed by atoms with van der Waals surface area (Å²) in [4.78, 5) is 8.29. The molecule has 19 heavy (non-hydrogen) atoms. The van der Waals surface area contributed by atoms with Crippen molar-refractivity contribution in [2.75, 3.05) is 23.8 Å². The minimum absolute atomic E-state index is 0.0731. The Morgan fingerprint density at radius 1 is 1.11 bits per heavy atom. The molecule has 0 saturated carbocycles. The average molecular weight is 258 g/mol. The number of para-hydroxylation sites is 1. The Morgan fingerprint density at radius 3 is 2.47 bits per heavy atom. The quantitative estimate of drug-likeness (QED) is 0.767. The highest BCUT2D eigenvalue weighted by molar-refractivity contribution is 5.65. The van der Waals surface area contributed by atoms with E-state index in [-0.39, 0.29) is 6.61 Å². The van der Waals surface area contributed by atoms with Gasteiger partial charge in [0.25, 0.3) is 0 Å². The second-order valence-corrected chi connectivity index (χ2v) is 4.33. The van der Waals surface area contributed by atoms with Gasteiger partial charge >= 0.3 is 0 Å². The van der Waals surface area contributed by atoms with E-state index in [1.54, 1.807) is 0 Å². The van der Waals surface area contributed by atoms with Gasteiger partial charge in [0.15, 0.2) is 0 Å². The molecule has 1 aromatic heterocycles. The number of aryl methyl sites for hydroxylation is 2. The fraction of sp³-hybridized carbons (Fsp3) is 0.286. The summed E-state index contributed by atoms with van der Waals surface area (Å²) >= 11 is 0. The Kier molecular flexibility index (Phi) is 4.30. The van der Waals surface area contributed by atoms with Crippen molar-refractivity contribution in [2.45, 2.75) is 13.8 Å². The zero-order valence-electron chi connectivity index (χ0n) is 11.1. The van der Waals surface area contributed by atoms with Crippen LogP contribution in [0.5, 0.6) is 0 Å². The van der Waals surface area contributed by atoms with E-state index in [9.17, 15) is 0 Å². The Morgan fingerprint density at radius 2 is 1.79 bits per heavy atom. The van der Waals surface area contributed by atoms with E-state index >= 15 is 0 Å². The molecule has 1 heterocycles. The zero-order valence-corrected chi connectivity index (χ0v) is 11.1. The van der Waals surface area contributed by atoms with E-state index in [0.717, 1.165) is 11.5 Å². The van der Waals surface area contributed by atoms with Crippen LogP contribution in [0.25, 0.3) is 0 Å². The normalized spacial score (nSPS) is 10.3. The molecule has 0 bridgehead atoms. The zero-order chi connectivity index (χ0) is 13.7. The molecular formula is C14H18N4O. The molecule has 3 N–H and O–H groups in total. The topological polar surface area (TPSA) is 70.1 Å². The highest BCUT2D eigenvalue weighted by atomic mass is 16.3. The number of aliphatic hydroxyl groups excluding tert-OH is 1. The van der Waals surface area contributed by atoms with E-state index in [4.69, 9.17) is 5.11 Å². The largest absolute Gasteiger partial charge is 0.395 e. The molecule has 100 valence electrons. The van der Waals surface area contributed by atoms with Crippen molar-refractivity contribution in [1.82, 2.24) is 9.97 Å². The predicted molar refractivity (Wildman–Crippen MR) is 76.8 cm³/mol. The lowest BCUT2D eigenvalue weighted by molar-refractivity contribution is 0.311. The minimum Gasteiger partial charge on any atom is -0.395 e. The highest BCUT2D eigenvalue weighted by Gasteiger charge is 2.04. The third kappa shape index (κ3) is 3.42. The molecule has 0 aliphatic heterocycles. The number of hydrogen-bond acceptors (Lipinski definition) is 5. The summed E-state index contributed by atoms with van der Waals surface area (Å²) in [5.74, 6) is 1.42. The minimum atomic E-state index is 0.0731. The van der Waals surface area contributed by atoms with E-state index < -0.39 is 0 Å². The van der Waals surface area contributed by atoms with Gasteiger partial charge in [-0.25, -0.2) is 9.97 Å². The number of aliphatic hydroxyl groups is 1. The summed E-state index contributed by atoms with van der Waals surface area (Å²) in [6.45, 7) is 4.66. The molecule has 0 fully saturated rings. The molecule has 0 atom stereocenters. The van der Waals surface area contributed by atoms with Crippen LogP contribution >= 0.6 is 0 Å². The monoisotopic (exact) mass is 258 g/mol. The number of nitrogens with zero attached hydrogens (tertiary/aromatic N) is 2. The second kappa shape index (κ2) is 6.15. The van der Waals surface area contributed by atoms with Crippen molar-refractivity contribution >= 4 is 17.3 Å². The van der Waals surface area contributed by atoms with Crippen LogP contribution < -0.4 is 10.6 Å². The van der Waals surface area contributed by atoms with Crippen LogP contribution in [-0.2, 0) is 0 Å². The third-order valence-electron chi connectivity index (χ3n) is 2.82. The van der Waals surface area contributed by atoms with Crippen LogP contribution in [0.2, 0.25) is 0 Å². The van der Waals surface area contributed by atoms with E-state index in [1.165, 1.54) is 17.5 Å². The van der Waals surface area contributed by atoms with Crippen molar-refractivity contribution in [2.24, 2.45) is 0 Å². The first-order valence-corrected chi connectivity index (χ1v) is 6.20. The third-order valence-corrected chi connectivity index (χ3v) is 2.82. The van der Waals surface area contributed by atoms with Gasteiger partial charge < -0.3 is 15.7 Å². The van der Waals surface area contributed by atoms with Gasteiger partial charge in [-0.05, 0) is 25.0 Å². The predicted octanol–water partition coefficient (Wildman–Crippen LogP) is 2.24. The number of benzene rings is 1. The fourth-order valence-electron chi connectivity index (χ4n) is 1.85. The van der Waals surface area contributed by atoms with Crippen LogP contribution in [0.1, 0.15) is 11.1 Å². The smallest absolute Gasteiger partial charge is 0.135 e. The summed E-state index contributed by atoms with van der Waals surface area (Å²) < 4.78 is 0. The summed E-state index contributed by atoms with van der Waals surface area (Å²) in [5, 5.41) is 15.1. The summed E-state index contributed by atoms with van der Waals surface area (Å²) in [7, 11) is 0. The fourth-order valence-corrected chi connectivity index (χ4v) is 1.85. The average Bonchev–Trinajstić information content (AvgIpc) is 2.41. The lowest BCUT2D eigenvalue weighted by Gasteiger charge is -2.12.